The molecular weight excluding hydrogens is 254 g/mol. The maximum absolute atomic E-state index is 5.45. The second kappa shape index (κ2) is 6.69. The molecule has 1 heterocycles. The number of hydrogen-bond donors (Lipinski definition) is 2. The number of hydrogen-bond acceptors (Lipinski definition) is 7. The second-order valence-electron chi connectivity index (χ2n) is 5.55. The largest absolute Gasteiger partial charge is 0.347 e. The van der Waals surface area contributed by atoms with E-state index >= 15 is 0 Å². The van der Waals surface area contributed by atoms with E-state index in [4.69, 9.17) is 5.84 Å². The van der Waals surface area contributed by atoms with Gasteiger partial charge < -0.3 is 9.80 Å². The van der Waals surface area contributed by atoms with Crippen molar-refractivity contribution in [1.29, 1.82) is 0 Å². The van der Waals surface area contributed by atoms with Crippen molar-refractivity contribution in [3.63, 3.8) is 0 Å². The normalized spacial score (nSPS) is 16.6. The monoisotopic (exact) mass is 279 g/mol. The molecule has 0 aromatic carbocycles. The van der Waals surface area contributed by atoms with Crippen molar-refractivity contribution in [1.82, 2.24) is 15.0 Å². The zero-order valence-corrected chi connectivity index (χ0v) is 12.6. The van der Waals surface area contributed by atoms with Crippen LogP contribution in [0.2, 0.25) is 0 Å². The molecule has 1 aliphatic carbocycles. The van der Waals surface area contributed by atoms with Crippen LogP contribution in [-0.2, 0) is 0 Å². The van der Waals surface area contributed by atoms with Crippen molar-refractivity contribution < 1.29 is 0 Å². The van der Waals surface area contributed by atoms with Gasteiger partial charge >= 0.3 is 0 Å². The van der Waals surface area contributed by atoms with Crippen molar-refractivity contribution in [3.8, 4) is 0 Å². The maximum Gasteiger partial charge on any atom is 0.243 e. The Morgan fingerprint density at radius 1 is 0.950 bits per heavy atom. The van der Waals surface area contributed by atoms with Gasteiger partial charge in [0.1, 0.15) is 0 Å². The summed E-state index contributed by atoms with van der Waals surface area (Å²) in [5.74, 6) is 7.15. The molecule has 3 N–H and O–H groups in total. The Labute approximate surface area is 120 Å². The fourth-order valence-electron chi connectivity index (χ4n) is 2.58. The number of hydrazine groups is 1. The lowest BCUT2D eigenvalue weighted by Crippen LogP contribution is -2.33. The van der Waals surface area contributed by atoms with E-state index in [0.29, 0.717) is 23.9 Å². The van der Waals surface area contributed by atoms with Gasteiger partial charge in [0.05, 0.1) is 0 Å². The molecule has 0 saturated heterocycles. The summed E-state index contributed by atoms with van der Waals surface area (Å²) in [6, 6.07) is 0.500. The first-order valence-corrected chi connectivity index (χ1v) is 7.24. The van der Waals surface area contributed by atoms with E-state index in [-0.39, 0.29) is 0 Å². The Morgan fingerprint density at radius 3 is 2.10 bits per heavy atom. The first kappa shape index (κ1) is 14.8. The summed E-state index contributed by atoms with van der Waals surface area (Å²) in [4.78, 5) is 17.2. The lowest BCUT2D eigenvalue weighted by Gasteiger charge is -2.27. The van der Waals surface area contributed by atoms with Crippen LogP contribution in [-0.4, -0.2) is 42.1 Å². The minimum Gasteiger partial charge on any atom is -0.347 e. The smallest absolute Gasteiger partial charge is 0.243 e. The van der Waals surface area contributed by atoms with Crippen LogP contribution in [0.25, 0.3) is 0 Å². The SMILES string of the molecule is CN(C)c1nc(NN)nc(N(C)C2CCCCCC2)n1. The molecule has 7 nitrogen and oxygen atoms in total. The summed E-state index contributed by atoms with van der Waals surface area (Å²) >= 11 is 0. The Bertz CT molecular complexity index is 427. The molecule has 1 aliphatic rings. The van der Waals surface area contributed by atoms with Crippen LogP contribution >= 0.6 is 0 Å². The molecule has 0 spiro atoms. The van der Waals surface area contributed by atoms with Crippen molar-refractivity contribution >= 4 is 17.8 Å². The van der Waals surface area contributed by atoms with Gasteiger partial charge in [-0.25, -0.2) is 5.84 Å². The summed E-state index contributed by atoms with van der Waals surface area (Å²) in [7, 11) is 5.88. The van der Waals surface area contributed by atoms with Crippen molar-refractivity contribution in [2.75, 3.05) is 36.4 Å². The van der Waals surface area contributed by atoms with Gasteiger partial charge in [0.15, 0.2) is 0 Å². The second-order valence-corrected chi connectivity index (χ2v) is 5.55. The van der Waals surface area contributed by atoms with E-state index in [1.165, 1.54) is 38.5 Å². The molecule has 1 saturated carbocycles. The molecule has 20 heavy (non-hydrogen) atoms. The van der Waals surface area contributed by atoms with E-state index in [2.05, 4.69) is 32.3 Å². The zero-order valence-electron chi connectivity index (χ0n) is 12.6. The number of rotatable bonds is 4. The van der Waals surface area contributed by atoms with E-state index in [1.54, 1.807) is 0 Å². The summed E-state index contributed by atoms with van der Waals surface area (Å²) in [6.45, 7) is 0. The predicted octanol–water partition coefficient (Wildman–Crippen LogP) is 1.38. The van der Waals surface area contributed by atoms with Crippen molar-refractivity contribution in [2.45, 2.75) is 44.6 Å². The molecule has 0 atom stereocenters. The summed E-state index contributed by atoms with van der Waals surface area (Å²) in [5, 5.41) is 0. The third kappa shape index (κ3) is 3.47. The van der Waals surface area contributed by atoms with Crippen LogP contribution in [0.1, 0.15) is 38.5 Å². The Kier molecular flexibility index (Phi) is 4.94. The molecule has 7 heteroatoms. The molecule has 0 amide bonds. The molecule has 0 bridgehead atoms. The fraction of sp³-hybridized carbons (Fsp3) is 0.769. The van der Waals surface area contributed by atoms with E-state index in [9.17, 15) is 0 Å². The highest BCUT2D eigenvalue weighted by Crippen LogP contribution is 2.24. The zero-order chi connectivity index (χ0) is 14.5. The number of nitrogen functional groups attached to an aromatic ring is 1. The first-order valence-electron chi connectivity index (χ1n) is 7.24. The minimum atomic E-state index is 0.402. The van der Waals surface area contributed by atoms with Crippen molar-refractivity contribution in [2.24, 2.45) is 5.84 Å². The highest BCUT2D eigenvalue weighted by atomic mass is 15.4. The van der Waals surface area contributed by atoms with Crippen LogP contribution in [0.4, 0.5) is 17.8 Å². The summed E-state index contributed by atoms with van der Waals surface area (Å²) in [6.07, 6.45) is 7.63. The van der Waals surface area contributed by atoms with Crippen LogP contribution in [0, 0.1) is 0 Å². The standard InChI is InChI=1S/C13H25N7/c1-19(2)12-15-11(18-14)16-13(17-12)20(3)10-8-6-4-5-7-9-10/h10H,4-9,14H2,1-3H3,(H,15,16,17,18). The van der Waals surface area contributed by atoms with E-state index < -0.39 is 0 Å². The molecule has 1 fully saturated rings. The molecule has 1 aromatic heterocycles. The predicted molar refractivity (Wildman–Crippen MR) is 81.9 cm³/mol. The molecule has 2 rings (SSSR count). The number of nitrogens with two attached hydrogens (primary N) is 1. The van der Waals surface area contributed by atoms with Gasteiger partial charge in [0, 0.05) is 27.2 Å². The molecular formula is C13H25N7. The third-order valence-corrected chi connectivity index (χ3v) is 3.83. The number of anilines is 3. The lowest BCUT2D eigenvalue weighted by atomic mass is 10.1. The Balaban J connectivity index is 2.23. The number of nitrogens with zero attached hydrogens (tertiary/aromatic N) is 5. The van der Waals surface area contributed by atoms with Gasteiger partial charge in [-0.05, 0) is 12.8 Å². The maximum atomic E-state index is 5.45. The van der Waals surface area contributed by atoms with Crippen LogP contribution in [0.5, 0.6) is 0 Å². The van der Waals surface area contributed by atoms with Gasteiger partial charge in [-0.15, -0.1) is 0 Å². The summed E-state index contributed by atoms with van der Waals surface area (Å²) < 4.78 is 0. The fourth-order valence-corrected chi connectivity index (χ4v) is 2.58. The summed E-state index contributed by atoms with van der Waals surface area (Å²) in [5.41, 5.74) is 2.52. The molecule has 112 valence electrons. The van der Waals surface area contributed by atoms with Gasteiger partial charge in [-0.3, -0.25) is 5.43 Å². The molecule has 0 radical (unpaired) electrons. The molecule has 0 unspecified atom stereocenters. The van der Waals surface area contributed by atoms with Crippen molar-refractivity contribution in [3.05, 3.63) is 0 Å². The van der Waals surface area contributed by atoms with E-state index in [1.807, 2.05) is 19.0 Å². The van der Waals surface area contributed by atoms with Gasteiger partial charge in [-0.2, -0.15) is 15.0 Å². The first-order chi connectivity index (χ1) is 9.61. The average molecular weight is 279 g/mol. The van der Waals surface area contributed by atoms with Crippen LogP contribution < -0.4 is 21.1 Å². The lowest BCUT2D eigenvalue weighted by molar-refractivity contribution is 0.544. The van der Waals surface area contributed by atoms with Gasteiger partial charge in [0.2, 0.25) is 17.8 Å². The highest BCUT2D eigenvalue weighted by Gasteiger charge is 2.20. The third-order valence-electron chi connectivity index (χ3n) is 3.83. The van der Waals surface area contributed by atoms with Crippen LogP contribution in [0.15, 0.2) is 0 Å². The minimum absolute atomic E-state index is 0.402. The Hall–Kier alpha value is -1.63. The van der Waals surface area contributed by atoms with Crippen LogP contribution in [0.3, 0.4) is 0 Å². The van der Waals surface area contributed by atoms with E-state index in [0.717, 1.165) is 0 Å². The quantitative estimate of drug-likeness (QED) is 0.489. The van der Waals surface area contributed by atoms with Gasteiger partial charge in [-0.1, -0.05) is 25.7 Å². The molecule has 0 aliphatic heterocycles. The topological polar surface area (TPSA) is 83.2 Å². The number of aromatic nitrogens is 3. The Morgan fingerprint density at radius 2 is 1.55 bits per heavy atom. The van der Waals surface area contributed by atoms with Gasteiger partial charge in [0.25, 0.3) is 0 Å². The molecule has 1 aromatic rings. The number of nitrogens with one attached hydrogen (secondary N) is 1. The average Bonchev–Trinajstić information content (AvgIpc) is 2.74. The highest BCUT2D eigenvalue weighted by molar-refractivity contribution is 5.44.